The fourth-order valence-corrected chi connectivity index (χ4v) is 6.83. The number of esters is 2. The molecule has 340 valence electrons. The summed E-state index contributed by atoms with van der Waals surface area (Å²) in [5.74, 6) is -0.960. The van der Waals surface area contributed by atoms with Gasteiger partial charge in [-0.1, -0.05) is 141 Å². The highest BCUT2D eigenvalue weighted by molar-refractivity contribution is 7.45. The molecule has 0 fully saturated rings. The maximum absolute atomic E-state index is 12.7. The molecule has 0 heterocycles. The van der Waals surface area contributed by atoms with Gasteiger partial charge in [-0.25, -0.2) is 4.79 Å². The quantitative estimate of drug-likeness (QED) is 0.0205. The Balaban J connectivity index is 4.50. The van der Waals surface area contributed by atoms with Gasteiger partial charge in [-0.15, -0.1) is 0 Å². The average Bonchev–Trinajstić information content (AvgIpc) is 3.20. The zero-order chi connectivity index (χ0) is 42.6. The number of methoxy groups -OCH3 is 1. The van der Waals surface area contributed by atoms with Gasteiger partial charge < -0.3 is 38.2 Å². The summed E-state index contributed by atoms with van der Waals surface area (Å²) in [6.45, 7) is 3.29. The van der Waals surface area contributed by atoms with Crippen LogP contribution in [0.15, 0.2) is 24.3 Å². The van der Waals surface area contributed by atoms with Crippen molar-refractivity contribution in [2.45, 2.75) is 200 Å². The standard InChI is InChI=1S/C45H84NO11P/c1-4-6-8-10-12-14-16-18-20-22-24-26-28-30-32-34-43(47)54-40-42(41-56-58(50,51)55-37-36-46-45(49)53-39-38-52-3)57-44(48)35-33-31-29-27-25-23-21-19-17-15-13-11-9-7-5-2/h18-21,42H,4-17,22-41H2,1-3H3,(H,46,49)(H,50,51)/p-1/b20-18+,21-19+/t42-/m1/s1. The number of carbonyl (C=O) groups excluding carboxylic acids is 3. The lowest BCUT2D eigenvalue weighted by atomic mass is 10.1. The molecule has 1 unspecified atom stereocenters. The SMILES string of the molecule is CCCCCCCC/C=C/CCCCCCCC(=O)OC[C@H](COP(=O)([O-])OCCNC(=O)OCCOC)OC(=O)CCCCCCC/C=C/CCCCCCCC. The zero-order valence-corrected chi connectivity index (χ0v) is 37.8. The van der Waals surface area contributed by atoms with Gasteiger partial charge in [0.25, 0.3) is 7.82 Å². The van der Waals surface area contributed by atoms with Gasteiger partial charge in [0.2, 0.25) is 0 Å². The Labute approximate surface area is 352 Å². The third-order valence-corrected chi connectivity index (χ3v) is 10.5. The summed E-state index contributed by atoms with van der Waals surface area (Å²) in [5.41, 5.74) is 0. The lowest BCUT2D eigenvalue weighted by Crippen LogP contribution is -2.31. The van der Waals surface area contributed by atoms with Crippen LogP contribution in [0.1, 0.15) is 194 Å². The molecule has 0 aliphatic rings. The van der Waals surface area contributed by atoms with Crippen LogP contribution in [0.2, 0.25) is 0 Å². The summed E-state index contributed by atoms with van der Waals surface area (Å²) in [7, 11) is -3.36. The number of ether oxygens (including phenoxy) is 4. The largest absolute Gasteiger partial charge is 0.756 e. The van der Waals surface area contributed by atoms with Gasteiger partial charge in [-0.05, 0) is 64.2 Å². The number of alkyl carbamates (subject to hydrolysis) is 1. The normalized spacial score (nSPS) is 13.2. The van der Waals surface area contributed by atoms with E-state index < -0.39 is 45.2 Å². The first kappa shape index (κ1) is 55.8. The summed E-state index contributed by atoms with van der Waals surface area (Å²) in [6, 6.07) is 0. The molecule has 1 amide bonds. The van der Waals surface area contributed by atoms with Gasteiger partial charge in [-0.2, -0.15) is 0 Å². The Kier molecular flexibility index (Phi) is 41.2. The number of allylic oxidation sites excluding steroid dienone is 4. The predicted molar refractivity (Wildman–Crippen MR) is 230 cm³/mol. The van der Waals surface area contributed by atoms with E-state index in [2.05, 4.69) is 43.5 Å². The molecule has 0 radical (unpaired) electrons. The van der Waals surface area contributed by atoms with Crippen molar-refractivity contribution < 1.29 is 51.8 Å². The van der Waals surface area contributed by atoms with E-state index >= 15 is 0 Å². The zero-order valence-electron chi connectivity index (χ0n) is 36.9. The second-order valence-electron chi connectivity index (χ2n) is 15.1. The number of unbranched alkanes of at least 4 members (excludes halogenated alkanes) is 22. The van der Waals surface area contributed by atoms with Crippen LogP contribution >= 0.6 is 7.82 Å². The van der Waals surface area contributed by atoms with Crippen molar-refractivity contribution in [2.24, 2.45) is 0 Å². The van der Waals surface area contributed by atoms with Crippen LogP contribution in [-0.2, 0) is 42.1 Å². The molecular formula is C45H83NO11P-. The molecule has 0 aromatic rings. The number of nitrogens with one attached hydrogen (secondary N) is 1. The monoisotopic (exact) mass is 845 g/mol. The summed E-state index contributed by atoms with van der Waals surface area (Å²) < 4.78 is 42.7. The van der Waals surface area contributed by atoms with E-state index in [-0.39, 0.29) is 39.2 Å². The van der Waals surface area contributed by atoms with Gasteiger partial charge in [0.1, 0.15) is 13.2 Å². The molecule has 0 aliphatic carbocycles. The highest BCUT2D eigenvalue weighted by atomic mass is 31.2. The Bertz CT molecular complexity index is 1070. The lowest BCUT2D eigenvalue weighted by molar-refractivity contribution is -0.228. The molecule has 1 N–H and O–H groups in total. The van der Waals surface area contributed by atoms with Crippen LogP contribution < -0.4 is 10.2 Å². The van der Waals surface area contributed by atoms with Crippen LogP contribution in [0.25, 0.3) is 0 Å². The smallest absolute Gasteiger partial charge is 0.407 e. The second-order valence-corrected chi connectivity index (χ2v) is 16.5. The maximum atomic E-state index is 12.7. The minimum absolute atomic E-state index is 0.0474. The van der Waals surface area contributed by atoms with Gasteiger partial charge in [0.15, 0.2) is 6.10 Å². The minimum atomic E-state index is -4.83. The summed E-state index contributed by atoms with van der Waals surface area (Å²) in [4.78, 5) is 49.2. The Morgan fingerprint density at radius 3 is 1.48 bits per heavy atom. The molecule has 0 saturated heterocycles. The molecule has 0 rings (SSSR count). The van der Waals surface area contributed by atoms with E-state index in [4.69, 9.17) is 28.0 Å². The van der Waals surface area contributed by atoms with Crippen molar-refractivity contribution in [1.82, 2.24) is 5.32 Å². The Hall–Kier alpha value is -2.24. The lowest BCUT2D eigenvalue weighted by Gasteiger charge is -2.25. The number of amides is 1. The minimum Gasteiger partial charge on any atom is -0.756 e. The molecular weight excluding hydrogens is 761 g/mol. The first-order valence-electron chi connectivity index (χ1n) is 22.9. The predicted octanol–water partition coefficient (Wildman–Crippen LogP) is 11.4. The summed E-state index contributed by atoms with van der Waals surface area (Å²) in [6.07, 6.45) is 37.5. The van der Waals surface area contributed by atoms with Gasteiger partial charge >= 0.3 is 18.0 Å². The molecule has 0 aliphatic heterocycles. The highest BCUT2D eigenvalue weighted by Crippen LogP contribution is 2.38. The van der Waals surface area contributed by atoms with E-state index in [1.54, 1.807) is 0 Å². The van der Waals surface area contributed by atoms with E-state index in [9.17, 15) is 23.8 Å². The molecule has 2 atom stereocenters. The van der Waals surface area contributed by atoms with Crippen molar-refractivity contribution in [3.63, 3.8) is 0 Å². The Morgan fingerprint density at radius 1 is 0.552 bits per heavy atom. The van der Waals surface area contributed by atoms with Crippen molar-refractivity contribution in [1.29, 1.82) is 0 Å². The first-order valence-corrected chi connectivity index (χ1v) is 24.3. The first-order chi connectivity index (χ1) is 28.2. The average molecular weight is 845 g/mol. The molecule has 0 bridgehead atoms. The number of phosphoric ester groups is 1. The number of rotatable bonds is 43. The summed E-state index contributed by atoms with van der Waals surface area (Å²) in [5, 5.41) is 2.35. The van der Waals surface area contributed by atoms with Crippen LogP contribution in [0.5, 0.6) is 0 Å². The molecule has 0 saturated carbocycles. The van der Waals surface area contributed by atoms with Crippen molar-refractivity contribution in [2.75, 3.05) is 46.7 Å². The maximum Gasteiger partial charge on any atom is 0.407 e. The van der Waals surface area contributed by atoms with Crippen molar-refractivity contribution in [3.05, 3.63) is 24.3 Å². The van der Waals surface area contributed by atoms with Crippen molar-refractivity contribution in [3.8, 4) is 0 Å². The third-order valence-electron chi connectivity index (χ3n) is 9.57. The Morgan fingerprint density at radius 2 is 1.00 bits per heavy atom. The van der Waals surface area contributed by atoms with E-state index in [1.807, 2.05) is 0 Å². The van der Waals surface area contributed by atoms with Crippen LogP contribution in [-0.4, -0.2) is 70.8 Å². The molecule has 58 heavy (non-hydrogen) atoms. The molecule has 12 nitrogen and oxygen atoms in total. The number of hydrogen-bond donors (Lipinski definition) is 1. The fourth-order valence-electron chi connectivity index (χ4n) is 6.09. The van der Waals surface area contributed by atoms with Gasteiger partial charge in [-0.3, -0.25) is 14.2 Å². The second kappa shape index (κ2) is 42.9. The van der Waals surface area contributed by atoms with Gasteiger partial charge in [0, 0.05) is 26.5 Å². The number of phosphoric acid groups is 1. The number of carbonyl (C=O) groups is 3. The van der Waals surface area contributed by atoms with Gasteiger partial charge in [0.05, 0.1) is 19.8 Å². The van der Waals surface area contributed by atoms with Crippen LogP contribution in [0.4, 0.5) is 4.79 Å². The molecule has 0 aromatic heterocycles. The molecule has 0 aromatic carbocycles. The van der Waals surface area contributed by atoms with E-state index in [1.165, 1.54) is 84.2 Å². The van der Waals surface area contributed by atoms with E-state index in [0.717, 1.165) is 77.0 Å². The highest BCUT2D eigenvalue weighted by Gasteiger charge is 2.21. The number of hydrogen-bond acceptors (Lipinski definition) is 11. The van der Waals surface area contributed by atoms with E-state index in [0.29, 0.717) is 12.8 Å². The van der Waals surface area contributed by atoms with Crippen molar-refractivity contribution >= 4 is 25.9 Å². The molecule has 0 spiro atoms. The van der Waals surface area contributed by atoms with Crippen LogP contribution in [0, 0.1) is 0 Å². The van der Waals surface area contributed by atoms with Crippen LogP contribution in [0.3, 0.4) is 0 Å². The molecule has 13 heteroatoms. The third kappa shape index (κ3) is 41.9. The topological polar surface area (TPSA) is 159 Å². The summed E-state index contributed by atoms with van der Waals surface area (Å²) >= 11 is 0. The fraction of sp³-hybridized carbons (Fsp3) is 0.844.